The van der Waals surface area contributed by atoms with E-state index in [9.17, 15) is 9.59 Å². The van der Waals surface area contributed by atoms with Gasteiger partial charge >= 0.3 is 5.69 Å². The lowest BCUT2D eigenvalue weighted by Gasteiger charge is -2.10. The van der Waals surface area contributed by atoms with Crippen molar-refractivity contribution in [1.82, 2.24) is 9.97 Å². The van der Waals surface area contributed by atoms with Gasteiger partial charge in [0.1, 0.15) is 0 Å². The minimum atomic E-state index is -0.265. The maximum atomic E-state index is 12.7. The highest BCUT2D eigenvalue weighted by molar-refractivity contribution is 7.98. The number of carbonyl (C=O) groups is 1. The largest absolute Gasteiger partial charge is 0.323 e. The monoisotopic (exact) mass is 381 g/mol. The van der Waals surface area contributed by atoms with Crippen LogP contribution in [0.5, 0.6) is 0 Å². The molecule has 2 aromatic carbocycles. The maximum Gasteiger partial charge on any atom is 0.323 e. The van der Waals surface area contributed by atoms with Gasteiger partial charge in [-0.05, 0) is 52.7 Å². The maximum absolute atomic E-state index is 12.7. The Hall–Kier alpha value is -2.77. The molecule has 0 spiro atoms. The van der Waals surface area contributed by atoms with Gasteiger partial charge in [-0.2, -0.15) is 11.3 Å². The van der Waals surface area contributed by atoms with Gasteiger partial charge in [-0.3, -0.25) is 4.79 Å². The summed E-state index contributed by atoms with van der Waals surface area (Å²) >= 11 is 3.31. The first kappa shape index (κ1) is 16.7. The number of hydrogen-bond donors (Lipinski definition) is 3. The molecule has 1 amide bonds. The number of rotatable bonds is 5. The molecule has 3 N–H and O–H groups in total. The standard InChI is InChI=1S/C19H15N3O2S2/c23-18(20-13-5-6-15-16(9-13)22-19(24)21-15)14-3-1-2-4-17(14)26-11-12-7-8-25-10-12/h1-10H,11H2,(H,20,23)(H2,21,22,24). The summed E-state index contributed by atoms with van der Waals surface area (Å²) in [6.07, 6.45) is 0. The molecule has 0 unspecified atom stereocenters. The van der Waals surface area contributed by atoms with Gasteiger partial charge in [0.25, 0.3) is 5.91 Å². The Morgan fingerprint density at radius 3 is 2.77 bits per heavy atom. The summed E-state index contributed by atoms with van der Waals surface area (Å²) in [5.74, 6) is 0.653. The Balaban J connectivity index is 1.54. The minimum absolute atomic E-state index is 0.171. The number of thioether (sulfide) groups is 1. The second-order valence-electron chi connectivity index (χ2n) is 5.71. The van der Waals surface area contributed by atoms with Crippen molar-refractivity contribution < 1.29 is 4.79 Å². The molecular weight excluding hydrogens is 366 g/mol. The van der Waals surface area contributed by atoms with Crippen molar-refractivity contribution >= 4 is 45.7 Å². The molecule has 0 aliphatic rings. The Morgan fingerprint density at radius 1 is 1.08 bits per heavy atom. The van der Waals surface area contributed by atoms with E-state index < -0.39 is 0 Å². The highest BCUT2D eigenvalue weighted by Crippen LogP contribution is 2.28. The molecule has 0 fully saturated rings. The molecule has 0 saturated heterocycles. The van der Waals surface area contributed by atoms with Crippen LogP contribution in [0.25, 0.3) is 11.0 Å². The molecule has 4 aromatic rings. The Kier molecular flexibility index (Phi) is 4.64. The highest BCUT2D eigenvalue weighted by Gasteiger charge is 2.12. The molecule has 5 nitrogen and oxygen atoms in total. The van der Waals surface area contributed by atoms with Crippen molar-refractivity contribution in [2.75, 3.05) is 5.32 Å². The zero-order valence-electron chi connectivity index (χ0n) is 13.6. The summed E-state index contributed by atoms with van der Waals surface area (Å²) in [5, 5.41) is 7.07. The second-order valence-corrected chi connectivity index (χ2v) is 7.51. The number of amides is 1. The Bertz CT molecular complexity index is 1110. The number of H-pyrrole nitrogens is 2. The summed E-state index contributed by atoms with van der Waals surface area (Å²) in [6.45, 7) is 0. The molecule has 26 heavy (non-hydrogen) atoms. The van der Waals surface area contributed by atoms with E-state index in [1.807, 2.05) is 24.3 Å². The molecule has 0 radical (unpaired) electrons. The van der Waals surface area contributed by atoms with Gasteiger partial charge in [0.2, 0.25) is 0 Å². The lowest BCUT2D eigenvalue weighted by atomic mass is 10.2. The van der Waals surface area contributed by atoms with E-state index in [-0.39, 0.29) is 11.6 Å². The van der Waals surface area contributed by atoms with E-state index in [1.165, 1.54) is 5.56 Å². The number of imidazole rings is 1. The predicted octanol–water partition coefficient (Wildman–Crippen LogP) is 4.46. The van der Waals surface area contributed by atoms with Crippen molar-refractivity contribution in [2.45, 2.75) is 10.6 Å². The fourth-order valence-corrected chi connectivity index (χ4v) is 4.39. The topological polar surface area (TPSA) is 77.8 Å². The van der Waals surface area contributed by atoms with Crippen LogP contribution in [0.15, 0.2) is 69.0 Å². The van der Waals surface area contributed by atoms with Gasteiger partial charge in [-0.1, -0.05) is 12.1 Å². The van der Waals surface area contributed by atoms with Crippen LogP contribution in [0.3, 0.4) is 0 Å². The molecule has 0 bridgehead atoms. The van der Waals surface area contributed by atoms with Crippen LogP contribution >= 0.6 is 23.1 Å². The molecule has 7 heteroatoms. The van der Waals surface area contributed by atoms with Crippen molar-refractivity contribution in [3.8, 4) is 0 Å². The smallest absolute Gasteiger partial charge is 0.322 e. The fourth-order valence-electron chi connectivity index (χ4n) is 2.62. The number of thiophene rings is 1. The first-order valence-electron chi connectivity index (χ1n) is 7.95. The first-order chi connectivity index (χ1) is 12.7. The first-order valence-corrected chi connectivity index (χ1v) is 9.88. The fraction of sp³-hybridized carbons (Fsp3) is 0.0526. The van der Waals surface area contributed by atoms with Gasteiger partial charge in [0, 0.05) is 16.3 Å². The number of aromatic amines is 2. The average Bonchev–Trinajstić information content (AvgIpc) is 3.28. The van der Waals surface area contributed by atoms with E-state index in [1.54, 1.807) is 41.3 Å². The van der Waals surface area contributed by atoms with Crippen molar-refractivity contribution in [1.29, 1.82) is 0 Å². The molecule has 2 aromatic heterocycles. The number of hydrogen-bond acceptors (Lipinski definition) is 4. The van der Waals surface area contributed by atoms with Gasteiger partial charge in [-0.15, -0.1) is 11.8 Å². The summed E-state index contributed by atoms with van der Waals surface area (Å²) in [6, 6.07) is 14.9. The van der Waals surface area contributed by atoms with Crippen molar-refractivity contribution in [3.05, 3.63) is 80.9 Å². The molecule has 0 aliphatic heterocycles. The molecular formula is C19H15N3O2S2. The predicted molar refractivity (Wildman–Crippen MR) is 107 cm³/mol. The van der Waals surface area contributed by atoms with Gasteiger partial charge in [0.05, 0.1) is 16.6 Å². The van der Waals surface area contributed by atoms with E-state index in [4.69, 9.17) is 0 Å². The molecule has 0 saturated carbocycles. The van der Waals surface area contributed by atoms with Crippen molar-refractivity contribution in [3.63, 3.8) is 0 Å². The normalized spacial score (nSPS) is 10.9. The third kappa shape index (κ3) is 3.58. The Morgan fingerprint density at radius 2 is 1.92 bits per heavy atom. The van der Waals surface area contributed by atoms with Crippen LogP contribution in [0, 0.1) is 0 Å². The molecule has 4 rings (SSSR count). The van der Waals surface area contributed by atoms with E-state index in [0.29, 0.717) is 22.3 Å². The zero-order valence-corrected chi connectivity index (χ0v) is 15.2. The van der Waals surface area contributed by atoms with E-state index >= 15 is 0 Å². The quantitative estimate of drug-likeness (QED) is 0.447. The van der Waals surface area contributed by atoms with E-state index in [2.05, 4.69) is 32.1 Å². The van der Waals surface area contributed by atoms with Crippen LogP contribution in [0.4, 0.5) is 5.69 Å². The minimum Gasteiger partial charge on any atom is -0.322 e. The average molecular weight is 381 g/mol. The Labute approximate surface area is 157 Å². The molecule has 2 heterocycles. The van der Waals surface area contributed by atoms with Crippen molar-refractivity contribution in [2.24, 2.45) is 0 Å². The van der Waals surface area contributed by atoms with Crippen LogP contribution in [0.2, 0.25) is 0 Å². The number of aromatic nitrogens is 2. The van der Waals surface area contributed by atoms with E-state index in [0.717, 1.165) is 10.6 Å². The molecule has 0 aliphatic carbocycles. The second kappa shape index (κ2) is 7.23. The van der Waals surface area contributed by atoms with Gasteiger partial charge in [-0.25, -0.2) is 4.79 Å². The number of anilines is 1. The molecule has 0 atom stereocenters. The highest BCUT2D eigenvalue weighted by atomic mass is 32.2. The lowest BCUT2D eigenvalue weighted by Crippen LogP contribution is -2.12. The third-order valence-corrected chi connectivity index (χ3v) is 5.76. The summed E-state index contributed by atoms with van der Waals surface area (Å²) in [7, 11) is 0. The lowest BCUT2D eigenvalue weighted by molar-refractivity contribution is 0.102. The van der Waals surface area contributed by atoms with Crippen LogP contribution < -0.4 is 11.0 Å². The van der Waals surface area contributed by atoms with Crippen LogP contribution in [-0.4, -0.2) is 15.9 Å². The summed E-state index contributed by atoms with van der Waals surface area (Å²) in [4.78, 5) is 30.4. The summed E-state index contributed by atoms with van der Waals surface area (Å²) in [5.41, 5.74) is 3.62. The summed E-state index contributed by atoms with van der Waals surface area (Å²) < 4.78 is 0. The zero-order chi connectivity index (χ0) is 17.9. The SMILES string of the molecule is O=C(Nc1ccc2[nH]c(=O)[nH]c2c1)c1ccccc1SCc1ccsc1. The number of carbonyl (C=O) groups excluding carboxylic acids is 1. The number of fused-ring (bicyclic) bond motifs is 1. The van der Waals surface area contributed by atoms with Gasteiger partial charge in [0.15, 0.2) is 0 Å². The number of nitrogens with one attached hydrogen (secondary N) is 3. The van der Waals surface area contributed by atoms with Crippen LogP contribution in [-0.2, 0) is 5.75 Å². The molecule has 130 valence electrons. The third-order valence-electron chi connectivity index (χ3n) is 3.88. The van der Waals surface area contributed by atoms with Crippen LogP contribution in [0.1, 0.15) is 15.9 Å². The number of benzene rings is 2. The van der Waals surface area contributed by atoms with Gasteiger partial charge < -0.3 is 15.3 Å².